The maximum absolute atomic E-state index is 11.6. The van der Waals surface area contributed by atoms with Crippen molar-refractivity contribution >= 4 is 17.2 Å². The molecule has 0 radical (unpaired) electrons. The number of carbonyl (C=O) groups excluding carboxylic acids is 1. The van der Waals surface area contributed by atoms with E-state index >= 15 is 0 Å². The van der Waals surface area contributed by atoms with Crippen molar-refractivity contribution in [2.45, 2.75) is 6.92 Å². The minimum Gasteiger partial charge on any atom is -0.266 e. The Morgan fingerprint density at radius 3 is 2.92 bits per heavy atom. The Morgan fingerprint density at radius 1 is 1.54 bits per heavy atom. The molecule has 0 unspecified atom stereocenters. The van der Waals surface area contributed by atoms with Gasteiger partial charge in [0.05, 0.1) is 10.6 Å². The highest BCUT2D eigenvalue weighted by Crippen LogP contribution is 2.10. The molecule has 0 aliphatic rings. The van der Waals surface area contributed by atoms with Gasteiger partial charge in [0.15, 0.2) is 0 Å². The summed E-state index contributed by atoms with van der Waals surface area (Å²) in [6.45, 7) is 1.86. The quantitative estimate of drug-likeness (QED) is 0.692. The third-order valence-corrected chi connectivity index (χ3v) is 2.52. The molecule has 0 aliphatic carbocycles. The first kappa shape index (κ1) is 8.19. The summed E-state index contributed by atoms with van der Waals surface area (Å²) in [6.07, 6.45) is 1.68. The highest BCUT2D eigenvalue weighted by molar-refractivity contribution is 7.12. The standard InChI is InChI=1S/C9H8N2OS/c1-7-4-5-11(10-7)9(12)8-3-2-6-13-8/h2-6H,1H3. The van der Waals surface area contributed by atoms with Gasteiger partial charge in [-0.2, -0.15) is 5.10 Å². The van der Waals surface area contributed by atoms with Crippen molar-refractivity contribution in [3.63, 3.8) is 0 Å². The van der Waals surface area contributed by atoms with Crippen LogP contribution in [0.1, 0.15) is 15.4 Å². The molecule has 0 fully saturated rings. The maximum atomic E-state index is 11.6. The third-order valence-electron chi connectivity index (χ3n) is 1.66. The maximum Gasteiger partial charge on any atom is 0.288 e. The number of nitrogens with zero attached hydrogens (tertiary/aromatic N) is 2. The van der Waals surface area contributed by atoms with E-state index in [1.807, 2.05) is 24.4 Å². The Kier molecular flexibility index (Phi) is 1.98. The SMILES string of the molecule is Cc1ccn(C(=O)c2cccs2)n1. The van der Waals surface area contributed by atoms with Gasteiger partial charge in [-0.05, 0) is 24.4 Å². The van der Waals surface area contributed by atoms with Gasteiger partial charge in [0.2, 0.25) is 0 Å². The van der Waals surface area contributed by atoms with Gasteiger partial charge in [-0.15, -0.1) is 11.3 Å². The predicted octanol–water partition coefficient (Wildman–Crippen LogP) is 1.94. The second kappa shape index (κ2) is 3.14. The van der Waals surface area contributed by atoms with E-state index in [2.05, 4.69) is 5.10 Å². The first-order valence-corrected chi connectivity index (χ1v) is 4.76. The number of rotatable bonds is 1. The summed E-state index contributed by atoms with van der Waals surface area (Å²) in [6, 6.07) is 5.46. The second-order valence-electron chi connectivity index (χ2n) is 2.68. The fraction of sp³-hybridized carbons (Fsp3) is 0.111. The molecule has 2 heterocycles. The molecule has 4 heteroatoms. The number of thiophene rings is 1. The molecular formula is C9H8N2OS. The zero-order chi connectivity index (χ0) is 9.26. The van der Waals surface area contributed by atoms with Crippen LogP contribution >= 0.6 is 11.3 Å². The molecule has 0 saturated heterocycles. The van der Waals surface area contributed by atoms with Crippen molar-refractivity contribution in [3.8, 4) is 0 Å². The average molecular weight is 192 g/mol. The summed E-state index contributed by atoms with van der Waals surface area (Å²) in [5.74, 6) is -0.0666. The van der Waals surface area contributed by atoms with Gasteiger partial charge < -0.3 is 0 Å². The van der Waals surface area contributed by atoms with E-state index in [0.29, 0.717) is 4.88 Å². The molecule has 0 spiro atoms. The molecule has 0 aliphatic heterocycles. The monoisotopic (exact) mass is 192 g/mol. The van der Waals surface area contributed by atoms with Crippen molar-refractivity contribution in [3.05, 3.63) is 40.3 Å². The fourth-order valence-corrected chi connectivity index (χ4v) is 1.70. The van der Waals surface area contributed by atoms with E-state index in [9.17, 15) is 4.79 Å². The van der Waals surface area contributed by atoms with Crippen LogP contribution in [0.4, 0.5) is 0 Å². The fourth-order valence-electron chi connectivity index (χ4n) is 1.04. The normalized spacial score (nSPS) is 10.2. The first-order chi connectivity index (χ1) is 6.27. The predicted molar refractivity (Wildman–Crippen MR) is 51.0 cm³/mol. The van der Waals surface area contributed by atoms with Gasteiger partial charge >= 0.3 is 0 Å². The highest BCUT2D eigenvalue weighted by atomic mass is 32.1. The molecule has 2 aromatic heterocycles. The van der Waals surface area contributed by atoms with Gasteiger partial charge in [-0.3, -0.25) is 4.79 Å². The van der Waals surface area contributed by atoms with Crippen LogP contribution in [0.2, 0.25) is 0 Å². The summed E-state index contributed by atoms with van der Waals surface area (Å²) < 4.78 is 1.36. The molecule has 0 aromatic carbocycles. The van der Waals surface area contributed by atoms with Crippen LogP contribution in [-0.4, -0.2) is 15.7 Å². The molecule has 13 heavy (non-hydrogen) atoms. The molecule has 0 bridgehead atoms. The minimum absolute atomic E-state index is 0.0666. The summed E-state index contributed by atoms with van der Waals surface area (Å²) in [7, 11) is 0. The summed E-state index contributed by atoms with van der Waals surface area (Å²) in [4.78, 5) is 12.3. The van der Waals surface area contributed by atoms with Crippen molar-refractivity contribution in [2.24, 2.45) is 0 Å². The van der Waals surface area contributed by atoms with Crippen LogP contribution in [0.5, 0.6) is 0 Å². The lowest BCUT2D eigenvalue weighted by atomic mass is 10.4. The Balaban J connectivity index is 2.33. The van der Waals surface area contributed by atoms with Crippen LogP contribution in [0, 0.1) is 6.92 Å². The molecule has 66 valence electrons. The molecule has 0 amide bonds. The van der Waals surface area contributed by atoms with Crippen LogP contribution in [0.25, 0.3) is 0 Å². The van der Waals surface area contributed by atoms with E-state index < -0.39 is 0 Å². The average Bonchev–Trinajstić information content (AvgIpc) is 2.72. The largest absolute Gasteiger partial charge is 0.288 e. The number of carbonyl (C=O) groups is 1. The number of aryl methyl sites for hydroxylation is 1. The number of aromatic nitrogens is 2. The van der Waals surface area contributed by atoms with Crippen molar-refractivity contribution < 1.29 is 4.79 Å². The lowest BCUT2D eigenvalue weighted by Crippen LogP contribution is -2.10. The first-order valence-electron chi connectivity index (χ1n) is 3.88. The summed E-state index contributed by atoms with van der Waals surface area (Å²) in [5.41, 5.74) is 0.852. The van der Waals surface area contributed by atoms with Gasteiger partial charge in [-0.25, -0.2) is 4.68 Å². The molecule has 3 nitrogen and oxygen atoms in total. The molecular weight excluding hydrogens is 184 g/mol. The highest BCUT2D eigenvalue weighted by Gasteiger charge is 2.09. The van der Waals surface area contributed by atoms with Gasteiger partial charge in [0.1, 0.15) is 0 Å². The topological polar surface area (TPSA) is 34.9 Å². The van der Waals surface area contributed by atoms with Crippen molar-refractivity contribution in [1.29, 1.82) is 0 Å². The van der Waals surface area contributed by atoms with Crippen LogP contribution in [-0.2, 0) is 0 Å². The van der Waals surface area contributed by atoms with E-state index in [1.54, 1.807) is 12.3 Å². The van der Waals surface area contributed by atoms with E-state index in [4.69, 9.17) is 0 Å². The Bertz CT molecular complexity index is 417. The zero-order valence-electron chi connectivity index (χ0n) is 7.10. The molecule has 0 atom stereocenters. The Morgan fingerprint density at radius 2 is 2.38 bits per heavy atom. The number of hydrogen-bond donors (Lipinski definition) is 0. The molecule has 0 saturated carbocycles. The van der Waals surface area contributed by atoms with E-state index in [-0.39, 0.29) is 5.91 Å². The van der Waals surface area contributed by atoms with Crippen molar-refractivity contribution in [1.82, 2.24) is 9.78 Å². The second-order valence-corrected chi connectivity index (χ2v) is 3.63. The van der Waals surface area contributed by atoms with Gasteiger partial charge in [0.25, 0.3) is 5.91 Å². The van der Waals surface area contributed by atoms with Gasteiger partial charge in [0, 0.05) is 6.20 Å². The molecule has 0 N–H and O–H groups in total. The molecule has 2 aromatic rings. The lowest BCUT2D eigenvalue weighted by Gasteiger charge is -1.94. The third kappa shape index (κ3) is 1.53. The zero-order valence-corrected chi connectivity index (χ0v) is 7.91. The number of hydrogen-bond acceptors (Lipinski definition) is 3. The van der Waals surface area contributed by atoms with Gasteiger partial charge in [-0.1, -0.05) is 6.07 Å². The lowest BCUT2D eigenvalue weighted by molar-refractivity contribution is 0.0949. The van der Waals surface area contributed by atoms with Crippen LogP contribution < -0.4 is 0 Å². The van der Waals surface area contributed by atoms with E-state index in [0.717, 1.165) is 5.69 Å². The van der Waals surface area contributed by atoms with E-state index in [1.165, 1.54) is 16.0 Å². The minimum atomic E-state index is -0.0666. The Labute approximate surface area is 79.6 Å². The Hall–Kier alpha value is -1.42. The summed E-state index contributed by atoms with van der Waals surface area (Å²) >= 11 is 1.42. The van der Waals surface area contributed by atoms with Crippen molar-refractivity contribution in [2.75, 3.05) is 0 Å². The van der Waals surface area contributed by atoms with Crippen LogP contribution in [0.15, 0.2) is 29.8 Å². The molecule has 2 rings (SSSR count). The van der Waals surface area contributed by atoms with Crippen LogP contribution in [0.3, 0.4) is 0 Å². The summed E-state index contributed by atoms with van der Waals surface area (Å²) in [5, 5.41) is 5.92. The smallest absolute Gasteiger partial charge is 0.266 e.